The number of aromatic nitrogens is 1. The average molecular weight is 502 g/mol. The van der Waals surface area contributed by atoms with Gasteiger partial charge in [0.1, 0.15) is 17.6 Å². The van der Waals surface area contributed by atoms with Crippen LogP contribution < -0.4 is 20.1 Å². The first kappa shape index (κ1) is 21.7. The summed E-state index contributed by atoms with van der Waals surface area (Å²) < 4.78 is 11.4. The Bertz CT molecular complexity index is 794. The van der Waals surface area contributed by atoms with Gasteiger partial charge < -0.3 is 20.1 Å². The second-order valence-corrected chi connectivity index (χ2v) is 7.69. The molecule has 0 spiro atoms. The fraction of sp³-hybridized carbons (Fsp3) is 0.474. The topological polar surface area (TPSA) is 67.8 Å². The van der Waals surface area contributed by atoms with Gasteiger partial charge in [-0.2, -0.15) is 0 Å². The van der Waals surface area contributed by atoms with Crippen LogP contribution in [0.1, 0.15) is 27.9 Å². The van der Waals surface area contributed by atoms with Crippen molar-refractivity contribution in [3.63, 3.8) is 0 Å². The lowest BCUT2D eigenvalue weighted by molar-refractivity contribution is 0.254. The summed E-state index contributed by atoms with van der Waals surface area (Å²) in [4.78, 5) is 9.91. The molecule has 8 heteroatoms. The maximum atomic E-state index is 5.86. The maximum absolute atomic E-state index is 5.86. The lowest BCUT2D eigenvalue weighted by Gasteiger charge is -2.14. The van der Waals surface area contributed by atoms with E-state index in [1.807, 2.05) is 6.20 Å². The molecule has 1 aliphatic rings. The maximum Gasteiger partial charge on any atom is 0.191 e. The van der Waals surface area contributed by atoms with Gasteiger partial charge in [0.15, 0.2) is 5.96 Å². The van der Waals surface area contributed by atoms with Crippen LogP contribution in [0.4, 0.5) is 0 Å². The van der Waals surface area contributed by atoms with E-state index in [0.29, 0.717) is 6.54 Å². The fourth-order valence-electron chi connectivity index (χ4n) is 3.01. The lowest BCUT2D eigenvalue weighted by atomic mass is 10.1. The molecule has 0 bridgehead atoms. The van der Waals surface area contributed by atoms with Crippen LogP contribution in [0.5, 0.6) is 11.5 Å². The monoisotopic (exact) mass is 502 g/mol. The smallest absolute Gasteiger partial charge is 0.191 e. The van der Waals surface area contributed by atoms with Gasteiger partial charge in [-0.3, -0.25) is 4.99 Å². The summed E-state index contributed by atoms with van der Waals surface area (Å²) in [6.07, 6.45) is 3.95. The molecule has 6 nitrogen and oxygen atoms in total. The van der Waals surface area contributed by atoms with Gasteiger partial charge in [0, 0.05) is 55.2 Å². The van der Waals surface area contributed by atoms with Crippen LogP contribution in [0.2, 0.25) is 0 Å². The van der Waals surface area contributed by atoms with Crippen molar-refractivity contribution in [3.05, 3.63) is 39.3 Å². The van der Waals surface area contributed by atoms with Gasteiger partial charge in [-0.25, -0.2) is 4.98 Å². The first-order valence-corrected chi connectivity index (χ1v) is 9.63. The number of fused-ring (bicyclic) bond motifs is 1. The van der Waals surface area contributed by atoms with Crippen molar-refractivity contribution >= 4 is 41.3 Å². The normalized spacial score (nSPS) is 15.6. The standard InChI is InChI=1S/C19H26N4O2S.HI/c1-12-7-14-8-16(24-4)15(9-17(14)25-12)11-23-19(20-3)21-6-5-18-22-10-13(2)26-18;/h8-10,12H,5-7,11H2,1-4H3,(H2,20,21,23);1H. The van der Waals surface area contributed by atoms with Crippen LogP contribution in [0.3, 0.4) is 0 Å². The molecule has 2 aromatic rings. The van der Waals surface area contributed by atoms with Gasteiger partial charge in [-0.15, -0.1) is 35.3 Å². The molecule has 148 valence electrons. The number of benzene rings is 1. The Labute approximate surface area is 181 Å². The Morgan fingerprint density at radius 2 is 2.22 bits per heavy atom. The number of thiazole rings is 1. The Hall–Kier alpha value is -1.55. The molecule has 0 aliphatic carbocycles. The Morgan fingerprint density at radius 3 is 2.89 bits per heavy atom. The number of ether oxygens (including phenoxy) is 2. The van der Waals surface area contributed by atoms with Gasteiger partial charge in [-0.05, 0) is 26.0 Å². The van der Waals surface area contributed by atoms with Crippen molar-refractivity contribution < 1.29 is 9.47 Å². The molecule has 1 aromatic heterocycles. The second kappa shape index (κ2) is 10.1. The molecule has 1 aliphatic heterocycles. The van der Waals surface area contributed by atoms with Crippen LogP contribution in [-0.4, -0.2) is 37.7 Å². The molecule has 1 unspecified atom stereocenters. The predicted octanol–water partition coefficient (Wildman–Crippen LogP) is 3.31. The average Bonchev–Trinajstić information content (AvgIpc) is 3.20. The highest BCUT2D eigenvalue weighted by molar-refractivity contribution is 14.0. The molecule has 0 amide bonds. The number of aryl methyl sites for hydroxylation is 1. The number of nitrogens with zero attached hydrogens (tertiary/aromatic N) is 2. The van der Waals surface area contributed by atoms with Crippen LogP contribution in [0.25, 0.3) is 0 Å². The zero-order chi connectivity index (χ0) is 18.5. The zero-order valence-corrected chi connectivity index (χ0v) is 19.3. The largest absolute Gasteiger partial charge is 0.496 e. The first-order chi connectivity index (χ1) is 12.6. The Balaban J connectivity index is 0.00000261. The third kappa shape index (κ3) is 5.71. The Kier molecular flexibility index (Phi) is 8.15. The van der Waals surface area contributed by atoms with Gasteiger partial charge in [0.05, 0.1) is 12.1 Å². The third-order valence-electron chi connectivity index (χ3n) is 4.27. The molecule has 0 saturated heterocycles. The van der Waals surface area contributed by atoms with Crippen LogP contribution >= 0.6 is 35.3 Å². The number of hydrogen-bond acceptors (Lipinski definition) is 5. The minimum atomic E-state index is 0. The van der Waals surface area contributed by atoms with E-state index < -0.39 is 0 Å². The SMILES string of the molecule is CN=C(NCCc1ncc(C)s1)NCc1cc2c(cc1OC)CC(C)O2.I. The molecule has 0 saturated carbocycles. The van der Waals surface area contributed by atoms with Crippen molar-refractivity contribution in [1.29, 1.82) is 0 Å². The lowest BCUT2D eigenvalue weighted by Crippen LogP contribution is -2.37. The third-order valence-corrected chi connectivity index (χ3v) is 5.24. The molecule has 27 heavy (non-hydrogen) atoms. The number of hydrogen-bond donors (Lipinski definition) is 2. The van der Waals surface area contributed by atoms with Gasteiger partial charge >= 0.3 is 0 Å². The number of nitrogens with one attached hydrogen (secondary N) is 2. The number of guanidine groups is 1. The first-order valence-electron chi connectivity index (χ1n) is 8.81. The number of methoxy groups -OCH3 is 1. The molecule has 1 aromatic carbocycles. The molecule has 3 rings (SSSR count). The minimum absolute atomic E-state index is 0. The molecular weight excluding hydrogens is 475 g/mol. The quantitative estimate of drug-likeness (QED) is 0.361. The van der Waals surface area contributed by atoms with Gasteiger partial charge in [-0.1, -0.05) is 0 Å². The summed E-state index contributed by atoms with van der Waals surface area (Å²) in [6, 6.07) is 4.15. The number of aliphatic imine (C=N–C) groups is 1. The predicted molar refractivity (Wildman–Crippen MR) is 121 cm³/mol. The number of rotatable bonds is 6. The van der Waals surface area contributed by atoms with E-state index >= 15 is 0 Å². The number of halogens is 1. The summed E-state index contributed by atoms with van der Waals surface area (Å²) >= 11 is 1.73. The van der Waals surface area contributed by atoms with E-state index in [4.69, 9.17) is 9.47 Å². The van der Waals surface area contributed by atoms with Gasteiger partial charge in [0.2, 0.25) is 0 Å². The molecule has 0 radical (unpaired) electrons. The zero-order valence-electron chi connectivity index (χ0n) is 16.2. The van der Waals surface area contributed by atoms with E-state index in [2.05, 4.69) is 46.6 Å². The fourth-order valence-corrected chi connectivity index (χ4v) is 3.80. The van der Waals surface area contributed by atoms with E-state index in [9.17, 15) is 0 Å². The second-order valence-electron chi connectivity index (χ2n) is 6.37. The highest BCUT2D eigenvalue weighted by Gasteiger charge is 2.21. The van der Waals surface area contributed by atoms with E-state index in [0.717, 1.165) is 47.4 Å². The van der Waals surface area contributed by atoms with Crippen molar-refractivity contribution in [3.8, 4) is 11.5 Å². The molecule has 1 atom stereocenters. The summed E-state index contributed by atoms with van der Waals surface area (Å²) in [5.41, 5.74) is 2.26. The minimum Gasteiger partial charge on any atom is -0.496 e. The van der Waals surface area contributed by atoms with Crippen molar-refractivity contribution in [2.24, 2.45) is 4.99 Å². The van der Waals surface area contributed by atoms with Crippen molar-refractivity contribution in [1.82, 2.24) is 15.6 Å². The summed E-state index contributed by atoms with van der Waals surface area (Å²) in [5, 5.41) is 7.80. The molecule has 2 N–H and O–H groups in total. The summed E-state index contributed by atoms with van der Waals surface area (Å²) in [6.45, 7) is 5.56. The van der Waals surface area contributed by atoms with Crippen LogP contribution in [0.15, 0.2) is 23.3 Å². The van der Waals surface area contributed by atoms with E-state index in [1.165, 1.54) is 10.4 Å². The van der Waals surface area contributed by atoms with Gasteiger partial charge in [0.25, 0.3) is 0 Å². The summed E-state index contributed by atoms with van der Waals surface area (Å²) in [5.74, 6) is 2.59. The summed E-state index contributed by atoms with van der Waals surface area (Å²) in [7, 11) is 3.47. The Morgan fingerprint density at radius 1 is 1.41 bits per heavy atom. The molecule has 0 fully saturated rings. The van der Waals surface area contributed by atoms with E-state index in [-0.39, 0.29) is 30.1 Å². The highest BCUT2D eigenvalue weighted by Crippen LogP contribution is 2.34. The highest BCUT2D eigenvalue weighted by atomic mass is 127. The van der Waals surface area contributed by atoms with Crippen LogP contribution in [0, 0.1) is 6.92 Å². The molecule has 2 heterocycles. The molecular formula is C19H27IN4O2S. The van der Waals surface area contributed by atoms with E-state index in [1.54, 1.807) is 25.5 Å². The van der Waals surface area contributed by atoms with Crippen molar-refractivity contribution in [2.45, 2.75) is 39.3 Å². The van der Waals surface area contributed by atoms with Crippen LogP contribution in [-0.2, 0) is 19.4 Å². The van der Waals surface area contributed by atoms with Crippen molar-refractivity contribution in [2.75, 3.05) is 20.7 Å².